The van der Waals surface area contributed by atoms with Crippen molar-refractivity contribution in [3.8, 4) is 11.4 Å². The molecule has 4 rings (SSSR count). The number of aromatic nitrogens is 3. The van der Waals surface area contributed by atoms with Gasteiger partial charge < -0.3 is 4.57 Å². The highest BCUT2D eigenvalue weighted by Gasteiger charge is 2.12. The molecule has 7 heteroatoms. The summed E-state index contributed by atoms with van der Waals surface area (Å²) in [6.45, 7) is 6.44. The topological polar surface area (TPSA) is 76.9 Å². The summed E-state index contributed by atoms with van der Waals surface area (Å²) in [7, 11) is 0. The van der Waals surface area contributed by atoms with Crippen LogP contribution in [0.4, 0.5) is 5.13 Å². The van der Waals surface area contributed by atoms with Crippen LogP contribution >= 0.6 is 11.3 Å². The third-order valence-electron chi connectivity index (χ3n) is 5.20. The van der Waals surface area contributed by atoms with Gasteiger partial charge in [-0.2, -0.15) is 0 Å². The normalized spacial score (nSPS) is 10.8. The van der Waals surface area contributed by atoms with Crippen LogP contribution in [-0.2, 0) is 6.54 Å². The molecular formula is C24H22N4O2S. The molecule has 0 fully saturated rings. The largest absolute Gasteiger partial charge is 0.311 e. The average molecular weight is 431 g/mol. The van der Waals surface area contributed by atoms with E-state index in [9.17, 15) is 9.59 Å². The van der Waals surface area contributed by atoms with Gasteiger partial charge in [0.1, 0.15) is 5.69 Å². The molecule has 0 spiro atoms. The molecule has 156 valence electrons. The zero-order chi connectivity index (χ0) is 22.0. The fourth-order valence-corrected chi connectivity index (χ4v) is 3.84. The van der Waals surface area contributed by atoms with E-state index in [4.69, 9.17) is 0 Å². The molecule has 3 heterocycles. The lowest BCUT2D eigenvalue weighted by atomic mass is 10.1. The van der Waals surface area contributed by atoms with E-state index in [1.54, 1.807) is 16.8 Å². The van der Waals surface area contributed by atoms with Crippen LogP contribution in [0.15, 0.2) is 64.9 Å². The van der Waals surface area contributed by atoms with Gasteiger partial charge in [-0.1, -0.05) is 30.3 Å². The number of amides is 1. The number of carbonyl (C=O) groups excluding carboxylic acids is 1. The minimum atomic E-state index is -0.367. The molecule has 0 aliphatic rings. The summed E-state index contributed by atoms with van der Waals surface area (Å²) in [6, 6.07) is 14.8. The van der Waals surface area contributed by atoms with Crippen molar-refractivity contribution in [3.63, 3.8) is 0 Å². The van der Waals surface area contributed by atoms with Gasteiger partial charge in [-0.25, -0.2) is 4.98 Å². The van der Waals surface area contributed by atoms with Crippen molar-refractivity contribution in [1.29, 1.82) is 0 Å². The van der Waals surface area contributed by atoms with Crippen LogP contribution in [-0.4, -0.2) is 20.4 Å². The predicted octanol–water partition coefficient (Wildman–Crippen LogP) is 4.59. The number of rotatable bonds is 5. The van der Waals surface area contributed by atoms with Crippen LogP contribution in [0.2, 0.25) is 0 Å². The molecule has 1 N–H and O–H groups in total. The van der Waals surface area contributed by atoms with Crippen molar-refractivity contribution in [2.24, 2.45) is 0 Å². The highest BCUT2D eigenvalue weighted by atomic mass is 32.1. The second-order valence-electron chi connectivity index (χ2n) is 7.40. The van der Waals surface area contributed by atoms with Crippen molar-refractivity contribution in [2.75, 3.05) is 5.32 Å². The van der Waals surface area contributed by atoms with Crippen molar-refractivity contribution >= 4 is 22.4 Å². The second-order valence-corrected chi connectivity index (χ2v) is 8.26. The molecule has 1 amide bonds. The molecule has 3 aromatic heterocycles. The smallest absolute Gasteiger partial charge is 0.257 e. The molecule has 0 aliphatic heterocycles. The quantitative estimate of drug-likeness (QED) is 0.502. The molecule has 0 saturated heterocycles. The monoisotopic (exact) mass is 430 g/mol. The van der Waals surface area contributed by atoms with Crippen LogP contribution in [0.5, 0.6) is 0 Å². The summed E-state index contributed by atoms with van der Waals surface area (Å²) in [5.41, 5.74) is 5.79. The lowest BCUT2D eigenvalue weighted by Crippen LogP contribution is -2.23. The number of aryl methyl sites for hydroxylation is 3. The maximum atomic E-state index is 12.6. The number of hydrogen-bond donors (Lipinski definition) is 1. The third kappa shape index (κ3) is 4.62. The summed E-state index contributed by atoms with van der Waals surface area (Å²) >= 11 is 1.32. The highest BCUT2D eigenvalue weighted by molar-refractivity contribution is 7.14. The predicted molar refractivity (Wildman–Crippen MR) is 124 cm³/mol. The molecule has 0 aliphatic carbocycles. The summed E-state index contributed by atoms with van der Waals surface area (Å²) in [4.78, 5) is 34.2. The van der Waals surface area contributed by atoms with E-state index < -0.39 is 0 Å². The second kappa shape index (κ2) is 8.65. The molecule has 0 unspecified atom stereocenters. The van der Waals surface area contributed by atoms with Crippen LogP contribution in [0, 0.1) is 20.8 Å². The maximum absolute atomic E-state index is 12.6. The number of anilines is 1. The molecule has 6 nitrogen and oxygen atoms in total. The SMILES string of the molecule is Cc1ccccc1Cn1ccc(C(=O)Nc2nc(-c3ccc(C)c(C)n3)cs2)cc1=O. The Hall–Kier alpha value is -3.58. The van der Waals surface area contributed by atoms with Gasteiger partial charge in [-0.15, -0.1) is 11.3 Å². The Bertz CT molecular complexity index is 1320. The van der Waals surface area contributed by atoms with Gasteiger partial charge >= 0.3 is 0 Å². The third-order valence-corrected chi connectivity index (χ3v) is 5.96. The zero-order valence-corrected chi connectivity index (χ0v) is 18.4. The van der Waals surface area contributed by atoms with Crippen molar-refractivity contribution in [1.82, 2.24) is 14.5 Å². The summed E-state index contributed by atoms with van der Waals surface area (Å²) in [6.07, 6.45) is 1.65. The number of thiazole rings is 1. The first-order valence-electron chi connectivity index (χ1n) is 9.87. The Balaban J connectivity index is 1.48. The average Bonchev–Trinajstić information content (AvgIpc) is 3.21. The van der Waals surface area contributed by atoms with Crippen molar-refractivity contribution < 1.29 is 4.79 Å². The summed E-state index contributed by atoms with van der Waals surface area (Å²) < 4.78 is 1.59. The van der Waals surface area contributed by atoms with E-state index in [-0.39, 0.29) is 11.5 Å². The van der Waals surface area contributed by atoms with E-state index >= 15 is 0 Å². The van der Waals surface area contributed by atoms with Gasteiger partial charge in [0.05, 0.1) is 12.2 Å². The van der Waals surface area contributed by atoms with Crippen LogP contribution in [0.3, 0.4) is 0 Å². The van der Waals surface area contributed by atoms with Crippen LogP contribution < -0.4 is 10.9 Å². The van der Waals surface area contributed by atoms with E-state index in [1.807, 2.05) is 62.5 Å². The number of nitrogens with one attached hydrogen (secondary N) is 1. The standard InChI is InChI=1S/C24H22N4O2S/c1-15-8-9-20(25-17(15)3)21-14-31-24(26-21)27-23(30)18-10-11-28(22(29)12-18)13-19-7-5-4-6-16(19)2/h4-12,14H,13H2,1-3H3,(H,26,27,30). The number of benzene rings is 1. The van der Waals surface area contributed by atoms with Gasteiger partial charge in [-0.05, 0) is 49.6 Å². The first kappa shape index (κ1) is 20.7. The van der Waals surface area contributed by atoms with Crippen LogP contribution in [0.1, 0.15) is 32.7 Å². The van der Waals surface area contributed by atoms with Crippen molar-refractivity contribution in [3.05, 3.63) is 98.4 Å². The van der Waals surface area contributed by atoms with E-state index in [0.717, 1.165) is 28.1 Å². The maximum Gasteiger partial charge on any atom is 0.257 e. The highest BCUT2D eigenvalue weighted by Crippen LogP contribution is 2.24. The summed E-state index contributed by atoms with van der Waals surface area (Å²) in [5, 5.41) is 5.09. The minimum Gasteiger partial charge on any atom is -0.311 e. The van der Waals surface area contributed by atoms with Gasteiger partial charge in [-0.3, -0.25) is 19.9 Å². The van der Waals surface area contributed by atoms with Crippen LogP contribution in [0.25, 0.3) is 11.4 Å². The Labute approximate surface area is 184 Å². The number of nitrogens with zero attached hydrogens (tertiary/aromatic N) is 3. The Morgan fingerprint density at radius 3 is 2.55 bits per heavy atom. The van der Waals surface area contributed by atoms with Crippen molar-refractivity contribution in [2.45, 2.75) is 27.3 Å². The molecule has 0 bridgehead atoms. The Morgan fingerprint density at radius 1 is 1.00 bits per heavy atom. The minimum absolute atomic E-state index is 0.227. The van der Waals surface area contributed by atoms with Gasteiger partial charge in [0, 0.05) is 28.9 Å². The van der Waals surface area contributed by atoms with Gasteiger partial charge in [0.25, 0.3) is 11.5 Å². The van der Waals surface area contributed by atoms with Gasteiger partial charge in [0.15, 0.2) is 5.13 Å². The molecule has 31 heavy (non-hydrogen) atoms. The van der Waals surface area contributed by atoms with E-state index in [2.05, 4.69) is 15.3 Å². The van der Waals surface area contributed by atoms with E-state index in [0.29, 0.717) is 22.9 Å². The van der Waals surface area contributed by atoms with E-state index in [1.165, 1.54) is 17.4 Å². The molecule has 0 atom stereocenters. The lowest BCUT2D eigenvalue weighted by Gasteiger charge is -2.09. The Kier molecular flexibility index (Phi) is 5.77. The fourth-order valence-electron chi connectivity index (χ4n) is 3.14. The zero-order valence-electron chi connectivity index (χ0n) is 17.5. The molecular weight excluding hydrogens is 408 g/mol. The van der Waals surface area contributed by atoms with Gasteiger partial charge in [0.2, 0.25) is 0 Å². The fraction of sp³-hybridized carbons (Fsp3) is 0.167. The molecule has 4 aromatic rings. The number of carbonyl (C=O) groups is 1. The first-order chi connectivity index (χ1) is 14.9. The number of hydrogen-bond acceptors (Lipinski definition) is 5. The number of pyridine rings is 2. The lowest BCUT2D eigenvalue weighted by molar-refractivity contribution is 0.102. The molecule has 1 aromatic carbocycles. The first-order valence-corrected chi connectivity index (χ1v) is 10.7. The summed E-state index contributed by atoms with van der Waals surface area (Å²) in [5.74, 6) is -0.367. The molecule has 0 radical (unpaired) electrons. The Morgan fingerprint density at radius 2 is 1.81 bits per heavy atom. The molecule has 0 saturated carbocycles.